The van der Waals surface area contributed by atoms with E-state index in [9.17, 15) is 4.79 Å². The van der Waals surface area contributed by atoms with Crippen molar-refractivity contribution in [2.45, 2.75) is 0 Å². The van der Waals surface area contributed by atoms with E-state index in [4.69, 9.17) is 16.3 Å². The van der Waals surface area contributed by atoms with Gasteiger partial charge in [0.25, 0.3) is 5.91 Å². The van der Waals surface area contributed by atoms with Crippen LogP contribution in [0, 0.1) is 0 Å². The number of amides is 1. The lowest BCUT2D eigenvalue weighted by Crippen LogP contribution is -2.21. The number of ether oxygens (including phenoxy) is 1. The molecule has 2 heterocycles. The van der Waals surface area contributed by atoms with Gasteiger partial charge in [0.2, 0.25) is 0 Å². The van der Waals surface area contributed by atoms with Crippen molar-refractivity contribution in [3.63, 3.8) is 0 Å². The molecule has 0 spiro atoms. The third-order valence-electron chi connectivity index (χ3n) is 2.83. The van der Waals surface area contributed by atoms with Crippen LogP contribution in [0.4, 0.5) is 5.82 Å². The Kier molecular flexibility index (Phi) is 4.49. The van der Waals surface area contributed by atoms with Gasteiger partial charge in [-0.3, -0.25) is 4.79 Å². The molecule has 0 bridgehead atoms. The second-order valence-corrected chi connectivity index (χ2v) is 4.94. The molecule has 23 heavy (non-hydrogen) atoms. The molecule has 2 aromatic heterocycles. The standard InChI is InChI=1S/C15H12ClN5O2/c16-11-3-1-4-12(7-11)23-9-15(22)20-13-8-14(18-10-17-13)21-6-2-5-19-21/h1-8,10H,9H2,(H,17,18,20,22). The number of anilines is 1. The number of benzene rings is 1. The molecule has 8 heteroatoms. The van der Waals surface area contributed by atoms with Crippen LogP contribution in [0.3, 0.4) is 0 Å². The van der Waals surface area contributed by atoms with Crippen LogP contribution in [0.1, 0.15) is 0 Å². The molecule has 0 unspecified atom stereocenters. The summed E-state index contributed by atoms with van der Waals surface area (Å²) in [5.41, 5.74) is 0. The maximum absolute atomic E-state index is 11.9. The van der Waals surface area contributed by atoms with E-state index in [-0.39, 0.29) is 12.5 Å². The average Bonchev–Trinajstić information content (AvgIpc) is 3.08. The maximum atomic E-state index is 11.9. The molecule has 3 aromatic rings. The lowest BCUT2D eigenvalue weighted by atomic mass is 10.3. The van der Waals surface area contributed by atoms with Crippen molar-refractivity contribution < 1.29 is 9.53 Å². The molecule has 1 N–H and O–H groups in total. The van der Waals surface area contributed by atoms with Gasteiger partial charge in [-0.05, 0) is 24.3 Å². The number of rotatable bonds is 5. The minimum absolute atomic E-state index is 0.151. The van der Waals surface area contributed by atoms with E-state index < -0.39 is 0 Å². The highest BCUT2D eigenvalue weighted by Gasteiger charge is 2.07. The quantitative estimate of drug-likeness (QED) is 0.777. The largest absolute Gasteiger partial charge is 0.484 e. The van der Waals surface area contributed by atoms with E-state index in [2.05, 4.69) is 20.4 Å². The van der Waals surface area contributed by atoms with Gasteiger partial charge in [0.1, 0.15) is 17.9 Å². The number of carbonyl (C=O) groups excluding carboxylic acids is 1. The van der Waals surface area contributed by atoms with E-state index in [1.807, 2.05) is 0 Å². The van der Waals surface area contributed by atoms with E-state index in [1.165, 1.54) is 6.33 Å². The smallest absolute Gasteiger partial charge is 0.263 e. The number of nitrogens with one attached hydrogen (secondary N) is 1. The lowest BCUT2D eigenvalue weighted by molar-refractivity contribution is -0.118. The molecule has 0 saturated heterocycles. The molecule has 0 fully saturated rings. The molecule has 0 aliphatic heterocycles. The molecule has 1 aromatic carbocycles. The summed E-state index contributed by atoms with van der Waals surface area (Å²) in [7, 11) is 0. The zero-order valence-corrected chi connectivity index (χ0v) is 12.6. The minimum Gasteiger partial charge on any atom is -0.484 e. The molecule has 0 aliphatic carbocycles. The van der Waals surface area contributed by atoms with Gasteiger partial charge in [-0.15, -0.1) is 0 Å². The number of nitrogens with zero attached hydrogens (tertiary/aromatic N) is 4. The Bertz CT molecular complexity index is 807. The van der Waals surface area contributed by atoms with Crippen molar-refractivity contribution >= 4 is 23.3 Å². The Balaban J connectivity index is 1.61. The van der Waals surface area contributed by atoms with E-state index in [0.717, 1.165) is 0 Å². The van der Waals surface area contributed by atoms with E-state index in [1.54, 1.807) is 53.5 Å². The Morgan fingerprint density at radius 1 is 1.26 bits per heavy atom. The van der Waals surface area contributed by atoms with Gasteiger partial charge in [0, 0.05) is 23.5 Å². The Morgan fingerprint density at radius 3 is 2.96 bits per heavy atom. The zero-order chi connectivity index (χ0) is 16.1. The first-order valence-corrected chi connectivity index (χ1v) is 7.09. The molecule has 1 amide bonds. The maximum Gasteiger partial charge on any atom is 0.263 e. The highest BCUT2D eigenvalue weighted by molar-refractivity contribution is 6.30. The fourth-order valence-corrected chi connectivity index (χ4v) is 2.01. The minimum atomic E-state index is -0.338. The van der Waals surface area contributed by atoms with Crippen molar-refractivity contribution in [3.05, 3.63) is 60.1 Å². The topological polar surface area (TPSA) is 81.9 Å². The van der Waals surface area contributed by atoms with Crippen LogP contribution < -0.4 is 10.1 Å². The summed E-state index contributed by atoms with van der Waals surface area (Å²) in [5.74, 6) is 1.10. The summed E-state index contributed by atoms with van der Waals surface area (Å²) in [5, 5.41) is 7.25. The third-order valence-corrected chi connectivity index (χ3v) is 3.06. The van der Waals surface area contributed by atoms with Crippen LogP contribution in [0.2, 0.25) is 5.02 Å². The number of aromatic nitrogens is 4. The van der Waals surface area contributed by atoms with Crippen molar-refractivity contribution in [1.82, 2.24) is 19.7 Å². The number of hydrogen-bond acceptors (Lipinski definition) is 5. The van der Waals surface area contributed by atoms with E-state index >= 15 is 0 Å². The summed E-state index contributed by atoms with van der Waals surface area (Å²) in [4.78, 5) is 20.0. The fourth-order valence-electron chi connectivity index (χ4n) is 1.83. The van der Waals surface area contributed by atoms with Crippen molar-refractivity contribution in [2.24, 2.45) is 0 Å². The van der Waals surface area contributed by atoms with E-state index in [0.29, 0.717) is 22.4 Å². The molecule has 3 rings (SSSR count). The average molecular weight is 330 g/mol. The summed E-state index contributed by atoms with van der Waals surface area (Å²) in [6, 6.07) is 10.2. The monoisotopic (exact) mass is 329 g/mol. The van der Waals surface area contributed by atoms with Crippen LogP contribution in [-0.4, -0.2) is 32.3 Å². The number of halogens is 1. The first-order valence-electron chi connectivity index (χ1n) is 6.71. The van der Waals surface area contributed by atoms with Gasteiger partial charge in [-0.25, -0.2) is 14.6 Å². The summed E-state index contributed by atoms with van der Waals surface area (Å²) >= 11 is 5.85. The second kappa shape index (κ2) is 6.89. The summed E-state index contributed by atoms with van der Waals surface area (Å²) in [6.45, 7) is -0.151. The van der Waals surface area contributed by atoms with Crippen LogP contribution in [-0.2, 0) is 4.79 Å². The lowest BCUT2D eigenvalue weighted by Gasteiger charge is -2.08. The normalized spacial score (nSPS) is 10.3. The molecular weight excluding hydrogens is 318 g/mol. The SMILES string of the molecule is O=C(COc1cccc(Cl)c1)Nc1cc(-n2cccn2)ncn1. The molecule has 0 aliphatic rings. The van der Waals surface area contributed by atoms with Gasteiger partial charge in [-0.2, -0.15) is 5.10 Å². The Hall–Kier alpha value is -2.93. The van der Waals surface area contributed by atoms with Crippen LogP contribution in [0.25, 0.3) is 5.82 Å². The van der Waals surface area contributed by atoms with Gasteiger partial charge < -0.3 is 10.1 Å². The third kappa shape index (κ3) is 4.04. The van der Waals surface area contributed by atoms with Gasteiger partial charge in [0.05, 0.1) is 0 Å². The molecule has 0 atom stereocenters. The molecule has 0 radical (unpaired) electrons. The number of hydrogen-bond donors (Lipinski definition) is 1. The Labute approximate surface area is 136 Å². The van der Waals surface area contributed by atoms with Crippen molar-refractivity contribution in [3.8, 4) is 11.6 Å². The van der Waals surface area contributed by atoms with Gasteiger partial charge >= 0.3 is 0 Å². The predicted octanol–water partition coefficient (Wildman–Crippen LogP) is 2.33. The first-order chi connectivity index (χ1) is 11.2. The first kappa shape index (κ1) is 15.0. The highest BCUT2D eigenvalue weighted by atomic mass is 35.5. The fraction of sp³-hybridized carbons (Fsp3) is 0.0667. The Morgan fingerprint density at radius 2 is 2.17 bits per heavy atom. The number of carbonyl (C=O) groups is 1. The summed E-state index contributed by atoms with van der Waals surface area (Å²) < 4.78 is 6.94. The molecule has 0 saturated carbocycles. The van der Waals surface area contributed by atoms with Crippen LogP contribution in [0.15, 0.2) is 55.1 Å². The van der Waals surface area contributed by atoms with Gasteiger partial charge in [-0.1, -0.05) is 17.7 Å². The highest BCUT2D eigenvalue weighted by Crippen LogP contribution is 2.17. The zero-order valence-electron chi connectivity index (χ0n) is 11.9. The van der Waals surface area contributed by atoms with Crippen LogP contribution >= 0.6 is 11.6 Å². The summed E-state index contributed by atoms with van der Waals surface area (Å²) in [6.07, 6.45) is 4.74. The van der Waals surface area contributed by atoms with Gasteiger partial charge in [0.15, 0.2) is 12.4 Å². The predicted molar refractivity (Wildman–Crippen MR) is 84.7 cm³/mol. The second-order valence-electron chi connectivity index (χ2n) is 4.51. The van der Waals surface area contributed by atoms with Crippen molar-refractivity contribution in [2.75, 3.05) is 11.9 Å². The van der Waals surface area contributed by atoms with Crippen molar-refractivity contribution in [1.29, 1.82) is 0 Å². The molecular formula is C15H12ClN5O2. The van der Waals surface area contributed by atoms with Crippen LogP contribution in [0.5, 0.6) is 5.75 Å². The molecule has 7 nitrogen and oxygen atoms in total. The molecule has 116 valence electrons.